The molecule has 2 aliphatic rings. The predicted octanol–water partition coefficient (Wildman–Crippen LogP) is 8.60. The molecule has 4 aromatic carbocycles. The highest BCUT2D eigenvalue weighted by Crippen LogP contribution is 2.47. The smallest absolute Gasteiger partial charge is 0.259 e. The summed E-state index contributed by atoms with van der Waals surface area (Å²) in [6.07, 6.45) is 0. The molecule has 4 aromatic rings. The van der Waals surface area contributed by atoms with Gasteiger partial charge in [-0.05, 0) is 48.5 Å². The van der Waals surface area contributed by atoms with Crippen LogP contribution in [0.15, 0.2) is 63.4 Å². The normalized spacial score (nSPS) is 15.7. The zero-order chi connectivity index (χ0) is 33.2. The molecule has 0 radical (unpaired) electrons. The van der Waals surface area contributed by atoms with Gasteiger partial charge >= 0.3 is 0 Å². The molecule has 2 aliphatic heterocycles. The molecule has 0 unspecified atom stereocenters. The van der Waals surface area contributed by atoms with Crippen molar-refractivity contribution >= 4 is 126 Å². The van der Waals surface area contributed by atoms with Crippen molar-refractivity contribution in [3.05, 3.63) is 106 Å². The number of benzene rings is 4. The highest BCUT2D eigenvalue weighted by atomic mass is 35.5. The molecule has 2 N–H and O–H groups in total. The van der Waals surface area contributed by atoms with E-state index in [1.165, 1.54) is 12.1 Å². The number of fused-ring (bicyclic) bond motifs is 2. The minimum Gasteiger partial charge on any atom is -0.744 e. The maximum atomic E-state index is 13.0. The third kappa shape index (κ3) is 5.70. The maximum Gasteiger partial charge on any atom is 0.259 e. The van der Waals surface area contributed by atoms with E-state index in [0.717, 1.165) is 12.1 Å². The molecule has 234 valence electrons. The van der Waals surface area contributed by atoms with Crippen molar-refractivity contribution in [1.29, 1.82) is 0 Å². The van der Waals surface area contributed by atoms with Crippen LogP contribution in [0.3, 0.4) is 0 Å². The number of aliphatic imine (C=N–C) groups is 2. The summed E-state index contributed by atoms with van der Waals surface area (Å²) < 4.78 is 39.3. The Morgan fingerprint density at radius 2 is 0.978 bits per heavy atom. The Hall–Kier alpha value is -3.10. The first-order valence-corrected chi connectivity index (χ1v) is 16.4. The Morgan fingerprint density at radius 3 is 1.43 bits per heavy atom. The largest absolute Gasteiger partial charge is 0.744 e. The van der Waals surface area contributed by atoms with Gasteiger partial charge in [0, 0.05) is 0 Å². The molecule has 0 bridgehead atoms. The number of hydrogen-bond acceptors (Lipinski definition) is 8. The van der Waals surface area contributed by atoms with Crippen LogP contribution in [0.1, 0.15) is 31.8 Å². The van der Waals surface area contributed by atoms with Gasteiger partial charge in [0.05, 0.1) is 68.7 Å². The van der Waals surface area contributed by atoms with Crippen molar-refractivity contribution < 1.29 is 27.3 Å². The first kappa shape index (κ1) is 32.8. The molecule has 0 aliphatic carbocycles. The van der Waals surface area contributed by atoms with E-state index in [1.54, 1.807) is 24.3 Å². The fraction of sp³-hybridized carbons (Fsp3) is 0. The Kier molecular flexibility index (Phi) is 8.68. The average molecular weight is 779 g/mol. The number of hydrogen-bond donors (Lipinski definition) is 2. The number of ether oxygens (including phenoxy) is 1. The fourth-order valence-corrected chi connectivity index (χ4v) is 6.87. The number of amidine groups is 2. The third-order valence-corrected chi connectivity index (χ3v) is 10.5. The van der Waals surface area contributed by atoms with E-state index >= 15 is 0 Å². The quantitative estimate of drug-likeness (QED) is 0.118. The second-order valence-electron chi connectivity index (χ2n) is 9.40. The lowest BCUT2D eigenvalue weighted by Gasteiger charge is -2.14. The monoisotopic (exact) mass is 775 g/mol. The number of amides is 2. The summed E-state index contributed by atoms with van der Waals surface area (Å²) in [5.74, 6) is -1.12. The molecule has 18 heteroatoms. The number of carbonyl (C=O) groups excluding carboxylic acids is 2. The van der Waals surface area contributed by atoms with Gasteiger partial charge in [-0.25, -0.2) is 18.4 Å². The molecule has 2 heterocycles. The van der Waals surface area contributed by atoms with Crippen LogP contribution >= 0.6 is 81.2 Å². The fourth-order valence-electron chi connectivity index (χ4n) is 4.52. The van der Waals surface area contributed by atoms with Crippen LogP contribution in [0.25, 0.3) is 0 Å². The van der Waals surface area contributed by atoms with Gasteiger partial charge in [-0.2, -0.15) is 0 Å². The third-order valence-electron chi connectivity index (χ3n) is 6.60. The van der Waals surface area contributed by atoms with Crippen LogP contribution < -0.4 is 15.4 Å². The molecule has 0 spiro atoms. The van der Waals surface area contributed by atoms with E-state index in [9.17, 15) is 22.6 Å². The molecule has 0 aromatic heterocycles. The van der Waals surface area contributed by atoms with Gasteiger partial charge in [0.1, 0.15) is 32.6 Å². The van der Waals surface area contributed by atoms with E-state index in [4.69, 9.17) is 85.9 Å². The molecule has 6 rings (SSSR count). The highest BCUT2D eigenvalue weighted by Gasteiger charge is 2.36. The minimum atomic E-state index is -4.67. The molecule has 0 fully saturated rings. The Balaban J connectivity index is 1.31. The van der Waals surface area contributed by atoms with Gasteiger partial charge in [0.25, 0.3) is 11.8 Å². The Labute approximate surface area is 294 Å². The number of halogens is 7. The Bertz CT molecular complexity index is 2210. The standard InChI is InChI=1S/C28H11Cl7N4O6S/c29-17-13-15(19(31)22(34)21(17)33)27(40)38-25(13)36-9-1-3-10(4-2-9)37-26-14-16(28(41)39-26)20(32)24(23(35)18(14)30)45-11-5-7-12(8-6-11)46(42,43)44/h1-8H,(H,36,38,40)(H,37,39,41)(H,42,43,44)/p-1. The SMILES string of the molecule is O=C1NC(=Nc2ccc(N=C3NC(=O)c4c(Cl)c(Oc5ccc(S(=O)(=O)[O-])cc5)c(Cl)c(Cl)c43)cc2)c2c(Cl)c(Cl)c(Cl)c(Cl)c21. The molecule has 0 saturated heterocycles. The van der Waals surface area contributed by atoms with Crippen LogP contribution in [0.4, 0.5) is 11.4 Å². The molecule has 46 heavy (non-hydrogen) atoms. The van der Waals surface area contributed by atoms with Crippen molar-refractivity contribution in [3.63, 3.8) is 0 Å². The number of rotatable bonds is 5. The lowest BCUT2D eigenvalue weighted by atomic mass is 10.1. The van der Waals surface area contributed by atoms with Gasteiger partial charge in [-0.1, -0.05) is 81.2 Å². The summed E-state index contributed by atoms with van der Waals surface area (Å²) in [4.78, 5) is 34.0. The van der Waals surface area contributed by atoms with E-state index in [2.05, 4.69) is 20.6 Å². The second kappa shape index (κ2) is 12.2. The topological polar surface area (TPSA) is 149 Å². The van der Waals surface area contributed by atoms with Gasteiger partial charge in [-0.3, -0.25) is 9.59 Å². The molecular formula is C28H10Cl7N4O6S-. The summed E-state index contributed by atoms with van der Waals surface area (Å²) in [6.45, 7) is 0. The summed E-state index contributed by atoms with van der Waals surface area (Å²) in [7, 11) is -4.67. The lowest BCUT2D eigenvalue weighted by molar-refractivity contribution is 0.0975. The van der Waals surface area contributed by atoms with Crippen LogP contribution in [0, 0.1) is 0 Å². The van der Waals surface area contributed by atoms with Gasteiger partial charge in [-0.15, -0.1) is 0 Å². The van der Waals surface area contributed by atoms with Crippen molar-refractivity contribution in [3.8, 4) is 11.5 Å². The summed E-state index contributed by atoms with van der Waals surface area (Å²) >= 11 is 44.4. The number of carbonyl (C=O) groups is 2. The van der Waals surface area contributed by atoms with Crippen LogP contribution in [-0.4, -0.2) is 36.5 Å². The Morgan fingerprint density at radius 1 is 0.565 bits per heavy atom. The van der Waals surface area contributed by atoms with Crippen molar-refractivity contribution in [1.82, 2.24) is 10.6 Å². The van der Waals surface area contributed by atoms with Crippen molar-refractivity contribution in [2.75, 3.05) is 0 Å². The van der Waals surface area contributed by atoms with Crippen molar-refractivity contribution in [2.24, 2.45) is 9.98 Å². The molecule has 0 saturated carbocycles. The van der Waals surface area contributed by atoms with Crippen molar-refractivity contribution in [2.45, 2.75) is 4.90 Å². The van der Waals surface area contributed by atoms with Gasteiger partial charge in [0.15, 0.2) is 5.75 Å². The van der Waals surface area contributed by atoms with E-state index in [-0.39, 0.29) is 80.6 Å². The van der Waals surface area contributed by atoms with Crippen LogP contribution in [0.2, 0.25) is 35.2 Å². The van der Waals surface area contributed by atoms with E-state index in [0.29, 0.717) is 11.4 Å². The number of nitrogens with one attached hydrogen (secondary N) is 2. The summed E-state index contributed by atoms with van der Waals surface area (Å²) in [5, 5.41) is 4.66. The summed E-state index contributed by atoms with van der Waals surface area (Å²) in [5.41, 5.74) is 1.09. The average Bonchev–Trinajstić information content (AvgIpc) is 3.52. The predicted molar refractivity (Wildman–Crippen MR) is 176 cm³/mol. The maximum absolute atomic E-state index is 13.0. The van der Waals surface area contributed by atoms with E-state index < -0.39 is 26.8 Å². The molecular weight excluding hydrogens is 769 g/mol. The molecule has 0 atom stereocenters. The first-order valence-electron chi connectivity index (χ1n) is 12.4. The second-order valence-corrected chi connectivity index (χ2v) is 13.4. The minimum absolute atomic E-state index is 0.0113. The molecule has 2 amide bonds. The first-order chi connectivity index (χ1) is 21.7. The summed E-state index contributed by atoms with van der Waals surface area (Å²) in [6, 6.07) is 10.9. The van der Waals surface area contributed by atoms with Crippen LogP contribution in [0.5, 0.6) is 11.5 Å². The lowest BCUT2D eigenvalue weighted by Crippen LogP contribution is -2.21. The van der Waals surface area contributed by atoms with Crippen LogP contribution in [-0.2, 0) is 10.1 Å². The zero-order valence-corrected chi connectivity index (χ0v) is 28.1. The number of nitrogens with zero attached hydrogens (tertiary/aromatic N) is 2. The van der Waals surface area contributed by atoms with Gasteiger partial charge < -0.3 is 19.9 Å². The zero-order valence-electron chi connectivity index (χ0n) is 22.0. The molecule has 10 nitrogen and oxygen atoms in total. The van der Waals surface area contributed by atoms with Gasteiger partial charge in [0.2, 0.25) is 0 Å². The highest BCUT2D eigenvalue weighted by molar-refractivity contribution is 7.85. The van der Waals surface area contributed by atoms with E-state index in [1.807, 2.05) is 0 Å².